The summed E-state index contributed by atoms with van der Waals surface area (Å²) in [4.78, 5) is 0. The topological polar surface area (TPSA) is 53.6 Å². The van der Waals surface area contributed by atoms with Crippen molar-refractivity contribution in [2.24, 2.45) is 0 Å². The van der Waals surface area contributed by atoms with Gasteiger partial charge in [0.15, 0.2) is 0 Å². The second kappa shape index (κ2) is 6.11. The molecular weight excluding hydrogens is 260 g/mol. The number of hydrogen-bond acceptors (Lipinski definition) is 3. The summed E-state index contributed by atoms with van der Waals surface area (Å²) in [5.41, 5.74) is 5.92. The van der Waals surface area contributed by atoms with Gasteiger partial charge in [0.25, 0.3) is 0 Å². The highest BCUT2D eigenvalue weighted by Gasteiger charge is 2.19. The Morgan fingerprint density at radius 1 is 1.33 bits per heavy atom. The monoisotopic (exact) mass is 280 g/mol. The maximum atomic E-state index is 8.86. The quantitative estimate of drug-likeness (QED) is 0.935. The molecule has 2 aromatic rings. The average Bonchev–Trinajstić information content (AvgIpc) is 2.87. The lowest BCUT2D eigenvalue weighted by molar-refractivity contribution is 0.582. The molecule has 21 heavy (non-hydrogen) atoms. The van der Waals surface area contributed by atoms with E-state index in [9.17, 15) is 0 Å². The van der Waals surface area contributed by atoms with Crippen molar-refractivity contribution < 1.29 is 0 Å². The minimum Gasteiger partial charge on any atom is -0.312 e. The third-order valence-corrected chi connectivity index (χ3v) is 3.99. The molecule has 0 radical (unpaired) electrons. The summed E-state index contributed by atoms with van der Waals surface area (Å²) in [7, 11) is 0. The van der Waals surface area contributed by atoms with Gasteiger partial charge >= 0.3 is 0 Å². The van der Waals surface area contributed by atoms with Crippen molar-refractivity contribution in [3.05, 3.63) is 52.3 Å². The largest absolute Gasteiger partial charge is 0.312 e. The Hall–Kier alpha value is -2.12. The van der Waals surface area contributed by atoms with Crippen LogP contribution in [0.2, 0.25) is 0 Å². The van der Waals surface area contributed by atoms with E-state index >= 15 is 0 Å². The highest BCUT2D eigenvalue weighted by molar-refractivity contribution is 5.33. The molecule has 108 valence electrons. The zero-order chi connectivity index (χ0) is 14.7. The van der Waals surface area contributed by atoms with Crippen LogP contribution in [0, 0.1) is 11.3 Å². The third kappa shape index (κ3) is 2.84. The highest BCUT2D eigenvalue weighted by Crippen LogP contribution is 2.21. The molecule has 1 aliphatic heterocycles. The Kier molecular flexibility index (Phi) is 4.03. The maximum absolute atomic E-state index is 8.86. The number of fused-ring (bicyclic) bond motifs is 1. The van der Waals surface area contributed by atoms with Crippen molar-refractivity contribution in [2.45, 2.75) is 39.3 Å². The summed E-state index contributed by atoms with van der Waals surface area (Å²) in [5, 5.41) is 17.1. The Bertz CT molecular complexity index is 661. The van der Waals surface area contributed by atoms with E-state index in [1.54, 1.807) is 0 Å². The Morgan fingerprint density at radius 2 is 2.14 bits per heavy atom. The molecule has 0 saturated heterocycles. The van der Waals surface area contributed by atoms with Crippen molar-refractivity contribution >= 4 is 0 Å². The Balaban J connectivity index is 1.89. The molecule has 4 heteroatoms. The van der Waals surface area contributed by atoms with E-state index in [1.165, 1.54) is 22.5 Å². The lowest BCUT2D eigenvalue weighted by Gasteiger charge is -2.15. The standard InChI is InChI=1S/C17H20N4/c1-2-3-16-15-11-19-9-8-17(15)21(20-16)12-14-6-4-13(10-18)5-7-14/h4-7,19H,2-3,8-9,11-12H2,1H3. The van der Waals surface area contributed by atoms with Gasteiger partial charge in [0, 0.05) is 30.8 Å². The van der Waals surface area contributed by atoms with Gasteiger partial charge in [0.1, 0.15) is 0 Å². The number of nitrogens with zero attached hydrogens (tertiary/aromatic N) is 3. The zero-order valence-electron chi connectivity index (χ0n) is 12.4. The molecule has 0 bridgehead atoms. The first-order valence-electron chi connectivity index (χ1n) is 7.59. The fourth-order valence-corrected chi connectivity index (χ4v) is 2.92. The van der Waals surface area contributed by atoms with E-state index in [-0.39, 0.29) is 0 Å². The molecule has 0 saturated carbocycles. The SMILES string of the molecule is CCCc1nn(Cc2ccc(C#N)cc2)c2c1CNCC2. The van der Waals surface area contributed by atoms with Crippen molar-refractivity contribution in [3.8, 4) is 6.07 Å². The van der Waals surface area contributed by atoms with Crippen LogP contribution in [0.4, 0.5) is 0 Å². The van der Waals surface area contributed by atoms with Gasteiger partial charge in [-0.15, -0.1) is 0 Å². The van der Waals surface area contributed by atoms with Gasteiger partial charge < -0.3 is 5.32 Å². The zero-order valence-corrected chi connectivity index (χ0v) is 12.4. The van der Waals surface area contributed by atoms with Crippen molar-refractivity contribution in [1.82, 2.24) is 15.1 Å². The molecule has 1 aliphatic rings. The number of aromatic nitrogens is 2. The summed E-state index contributed by atoms with van der Waals surface area (Å²) in [6.45, 7) is 4.95. The summed E-state index contributed by atoms with van der Waals surface area (Å²) in [6.07, 6.45) is 3.22. The fourth-order valence-electron chi connectivity index (χ4n) is 2.92. The molecule has 2 heterocycles. The molecule has 4 nitrogen and oxygen atoms in total. The second-order valence-corrected chi connectivity index (χ2v) is 5.52. The van der Waals surface area contributed by atoms with Gasteiger partial charge in [0.05, 0.1) is 23.9 Å². The number of hydrogen-bond donors (Lipinski definition) is 1. The van der Waals surface area contributed by atoms with Crippen LogP contribution < -0.4 is 5.32 Å². The lowest BCUT2D eigenvalue weighted by atomic mass is 10.0. The molecule has 0 atom stereocenters. The number of nitriles is 1. The molecule has 0 unspecified atom stereocenters. The third-order valence-electron chi connectivity index (χ3n) is 3.99. The van der Waals surface area contributed by atoms with E-state index in [1.807, 2.05) is 24.3 Å². The van der Waals surface area contributed by atoms with Gasteiger partial charge in [-0.05, 0) is 24.1 Å². The molecule has 3 rings (SSSR count). The molecule has 0 aliphatic carbocycles. The number of rotatable bonds is 4. The van der Waals surface area contributed by atoms with Gasteiger partial charge in [-0.1, -0.05) is 25.5 Å². The first-order chi connectivity index (χ1) is 10.3. The van der Waals surface area contributed by atoms with Crippen molar-refractivity contribution in [3.63, 3.8) is 0 Å². The van der Waals surface area contributed by atoms with Crippen LogP contribution in [-0.4, -0.2) is 16.3 Å². The molecular formula is C17H20N4. The van der Waals surface area contributed by atoms with Crippen LogP contribution in [0.5, 0.6) is 0 Å². The minimum absolute atomic E-state index is 0.706. The average molecular weight is 280 g/mol. The predicted molar refractivity (Wildman–Crippen MR) is 81.9 cm³/mol. The number of aryl methyl sites for hydroxylation is 1. The maximum Gasteiger partial charge on any atom is 0.0991 e. The molecule has 1 N–H and O–H groups in total. The van der Waals surface area contributed by atoms with E-state index < -0.39 is 0 Å². The lowest BCUT2D eigenvalue weighted by Crippen LogP contribution is -2.25. The van der Waals surface area contributed by atoms with Gasteiger partial charge in [0.2, 0.25) is 0 Å². The normalized spacial score (nSPS) is 13.7. The van der Waals surface area contributed by atoms with Gasteiger partial charge in [-0.3, -0.25) is 4.68 Å². The molecule has 1 aromatic carbocycles. The number of benzene rings is 1. The molecule has 0 spiro atoms. The van der Waals surface area contributed by atoms with Crippen LogP contribution in [0.3, 0.4) is 0 Å². The number of nitrogens with one attached hydrogen (secondary N) is 1. The first kappa shape index (κ1) is 13.8. The van der Waals surface area contributed by atoms with E-state index in [0.29, 0.717) is 5.56 Å². The Labute approximate surface area is 125 Å². The summed E-state index contributed by atoms with van der Waals surface area (Å²) in [6, 6.07) is 9.95. The summed E-state index contributed by atoms with van der Waals surface area (Å²) in [5.74, 6) is 0. The Morgan fingerprint density at radius 3 is 2.86 bits per heavy atom. The predicted octanol–water partition coefficient (Wildman–Crippen LogP) is 2.40. The van der Waals surface area contributed by atoms with Crippen LogP contribution in [0.15, 0.2) is 24.3 Å². The van der Waals surface area contributed by atoms with Gasteiger partial charge in [-0.25, -0.2) is 0 Å². The minimum atomic E-state index is 0.706. The van der Waals surface area contributed by atoms with Gasteiger partial charge in [-0.2, -0.15) is 10.4 Å². The van der Waals surface area contributed by atoms with Crippen LogP contribution in [0.25, 0.3) is 0 Å². The first-order valence-corrected chi connectivity index (χ1v) is 7.59. The van der Waals surface area contributed by atoms with E-state index in [2.05, 4.69) is 23.0 Å². The van der Waals surface area contributed by atoms with Crippen LogP contribution >= 0.6 is 0 Å². The summed E-state index contributed by atoms with van der Waals surface area (Å²) >= 11 is 0. The smallest absolute Gasteiger partial charge is 0.0991 e. The fraction of sp³-hybridized carbons (Fsp3) is 0.412. The summed E-state index contributed by atoms with van der Waals surface area (Å²) < 4.78 is 2.16. The van der Waals surface area contributed by atoms with Crippen LogP contribution in [-0.2, 0) is 25.9 Å². The van der Waals surface area contributed by atoms with Crippen molar-refractivity contribution in [2.75, 3.05) is 6.54 Å². The van der Waals surface area contributed by atoms with Crippen LogP contribution in [0.1, 0.15) is 41.4 Å². The van der Waals surface area contributed by atoms with Crippen molar-refractivity contribution in [1.29, 1.82) is 5.26 Å². The molecule has 1 aromatic heterocycles. The van der Waals surface area contributed by atoms with E-state index in [0.717, 1.165) is 38.9 Å². The molecule has 0 amide bonds. The van der Waals surface area contributed by atoms with E-state index in [4.69, 9.17) is 10.4 Å². The second-order valence-electron chi connectivity index (χ2n) is 5.52. The highest BCUT2D eigenvalue weighted by atomic mass is 15.3. The molecule has 0 fully saturated rings.